The minimum absolute atomic E-state index is 0.132. The fourth-order valence-electron chi connectivity index (χ4n) is 4.36. The highest BCUT2D eigenvalue weighted by Gasteiger charge is 2.20. The predicted molar refractivity (Wildman–Crippen MR) is 154 cm³/mol. The molecule has 2 aromatic rings. The number of hydrogen-bond acceptors (Lipinski definition) is 4. The van der Waals surface area contributed by atoms with E-state index >= 15 is 0 Å². The van der Waals surface area contributed by atoms with Crippen LogP contribution in [0.3, 0.4) is 0 Å². The minimum Gasteiger partial charge on any atom is -0.485 e. The lowest BCUT2D eigenvalue weighted by Gasteiger charge is -2.20. The quantitative estimate of drug-likeness (QED) is 0.145. The lowest BCUT2D eigenvalue weighted by molar-refractivity contribution is 0.233. The first-order chi connectivity index (χ1) is 17.3. The fourth-order valence-corrected chi connectivity index (χ4v) is 4.36. The second-order valence-electron chi connectivity index (χ2n) is 10.3. The summed E-state index contributed by atoms with van der Waals surface area (Å²) in [6.45, 7) is 14.4. The number of unbranched alkanes of at least 4 members (excludes halogenated alkanes) is 3. The second-order valence-corrected chi connectivity index (χ2v) is 10.3. The van der Waals surface area contributed by atoms with E-state index in [1.54, 1.807) is 0 Å². The van der Waals surface area contributed by atoms with Crippen molar-refractivity contribution in [3.05, 3.63) is 51.9 Å². The molecular formula is C31H48N2O3. The van der Waals surface area contributed by atoms with Gasteiger partial charge in [-0.25, -0.2) is 0 Å². The lowest BCUT2D eigenvalue weighted by Crippen LogP contribution is -2.25. The molecule has 0 aliphatic rings. The summed E-state index contributed by atoms with van der Waals surface area (Å²) in [7, 11) is 0. The summed E-state index contributed by atoms with van der Waals surface area (Å²) >= 11 is 0. The van der Waals surface area contributed by atoms with E-state index in [4.69, 9.17) is 15.2 Å². The number of aromatic nitrogens is 1. The van der Waals surface area contributed by atoms with Crippen LogP contribution in [-0.4, -0.2) is 17.8 Å². The normalized spacial score (nSPS) is 12.6. The number of fused-ring (bicyclic) bond motifs is 1. The maximum absolute atomic E-state index is 13.7. The monoisotopic (exact) mass is 496 g/mol. The fraction of sp³-hybridized carbons (Fsp3) is 0.581. The van der Waals surface area contributed by atoms with E-state index in [9.17, 15) is 4.79 Å². The largest absolute Gasteiger partial charge is 0.485 e. The van der Waals surface area contributed by atoms with Gasteiger partial charge in [-0.15, -0.1) is 0 Å². The van der Waals surface area contributed by atoms with Crippen LogP contribution < -0.4 is 20.8 Å². The molecule has 0 saturated carbocycles. The van der Waals surface area contributed by atoms with Gasteiger partial charge >= 0.3 is 0 Å². The van der Waals surface area contributed by atoms with Gasteiger partial charge < -0.3 is 19.8 Å². The molecule has 1 atom stereocenters. The Balaban J connectivity index is 2.44. The average Bonchev–Trinajstić information content (AvgIpc) is 2.82. The van der Waals surface area contributed by atoms with Crippen molar-refractivity contribution in [2.45, 2.75) is 99.5 Å². The molecule has 2 N–H and O–H groups in total. The average molecular weight is 497 g/mol. The molecule has 1 heterocycles. The number of rotatable bonds is 16. The van der Waals surface area contributed by atoms with Gasteiger partial charge in [-0.05, 0) is 76.6 Å². The van der Waals surface area contributed by atoms with Gasteiger partial charge in [0.25, 0.3) is 5.56 Å². The summed E-state index contributed by atoms with van der Waals surface area (Å²) in [4.78, 5) is 13.7. The van der Waals surface area contributed by atoms with Gasteiger partial charge in [0.15, 0.2) is 5.75 Å². The SMILES string of the molecule is CCCCCCn1c(=O)c(OCC(C)CCC)c(OCC=C(C)CCC=C(C)C)c2ccc(N)cc21. The number of nitrogen functional groups attached to an aromatic ring is 1. The predicted octanol–water partition coefficient (Wildman–Crippen LogP) is 8.05. The minimum atomic E-state index is -0.132. The number of hydrogen-bond donors (Lipinski definition) is 1. The Hall–Kier alpha value is -2.69. The number of allylic oxidation sites excluding steroid dienone is 3. The molecule has 0 radical (unpaired) electrons. The van der Waals surface area contributed by atoms with E-state index in [2.05, 4.69) is 53.7 Å². The van der Waals surface area contributed by atoms with Crippen LogP contribution >= 0.6 is 0 Å². The molecule has 0 spiro atoms. The van der Waals surface area contributed by atoms with Gasteiger partial charge in [-0.1, -0.05) is 63.7 Å². The summed E-state index contributed by atoms with van der Waals surface area (Å²) < 4.78 is 14.3. The molecule has 5 heteroatoms. The van der Waals surface area contributed by atoms with Gasteiger partial charge in [-0.3, -0.25) is 4.79 Å². The first-order valence-electron chi connectivity index (χ1n) is 13.8. The number of benzene rings is 1. The lowest BCUT2D eigenvalue weighted by atomic mass is 10.1. The Morgan fingerprint density at radius 1 is 1.03 bits per heavy atom. The number of anilines is 1. The van der Waals surface area contributed by atoms with Crippen LogP contribution in [0.1, 0.15) is 92.9 Å². The van der Waals surface area contributed by atoms with Crippen molar-refractivity contribution in [2.75, 3.05) is 18.9 Å². The Labute approximate surface area is 218 Å². The van der Waals surface area contributed by atoms with Crippen molar-refractivity contribution in [1.82, 2.24) is 4.57 Å². The van der Waals surface area contributed by atoms with Crippen LogP contribution in [-0.2, 0) is 6.54 Å². The van der Waals surface area contributed by atoms with Crippen LogP contribution in [0.4, 0.5) is 5.69 Å². The van der Waals surface area contributed by atoms with Crippen molar-refractivity contribution < 1.29 is 9.47 Å². The van der Waals surface area contributed by atoms with Crippen molar-refractivity contribution in [3.63, 3.8) is 0 Å². The van der Waals surface area contributed by atoms with Crippen molar-refractivity contribution in [2.24, 2.45) is 5.92 Å². The molecule has 5 nitrogen and oxygen atoms in total. The van der Waals surface area contributed by atoms with Crippen LogP contribution in [0.5, 0.6) is 11.5 Å². The van der Waals surface area contributed by atoms with Gasteiger partial charge in [0.1, 0.15) is 6.61 Å². The zero-order valence-electron chi connectivity index (χ0n) is 23.5. The smallest absolute Gasteiger partial charge is 0.297 e. The molecule has 0 fully saturated rings. The number of pyridine rings is 1. The summed E-state index contributed by atoms with van der Waals surface area (Å²) in [6.07, 6.45) is 12.8. The third kappa shape index (κ3) is 9.07. The van der Waals surface area contributed by atoms with E-state index in [1.807, 2.05) is 22.8 Å². The third-order valence-corrected chi connectivity index (χ3v) is 6.48. The molecule has 2 rings (SSSR count). The van der Waals surface area contributed by atoms with E-state index in [0.29, 0.717) is 42.9 Å². The van der Waals surface area contributed by atoms with Crippen molar-refractivity contribution in [1.29, 1.82) is 0 Å². The van der Waals surface area contributed by atoms with Crippen molar-refractivity contribution >= 4 is 16.6 Å². The Morgan fingerprint density at radius 2 is 1.81 bits per heavy atom. The number of nitrogens with two attached hydrogens (primary N) is 1. The van der Waals surface area contributed by atoms with Crippen LogP contribution in [0.2, 0.25) is 0 Å². The molecule has 1 aromatic heterocycles. The summed E-state index contributed by atoms with van der Waals surface area (Å²) in [5, 5.41) is 0.869. The summed E-state index contributed by atoms with van der Waals surface area (Å²) in [5.41, 5.74) is 10.1. The van der Waals surface area contributed by atoms with Gasteiger partial charge in [-0.2, -0.15) is 0 Å². The van der Waals surface area contributed by atoms with E-state index in [1.165, 1.54) is 11.1 Å². The third-order valence-electron chi connectivity index (χ3n) is 6.48. The first-order valence-corrected chi connectivity index (χ1v) is 13.8. The van der Waals surface area contributed by atoms with Crippen LogP contribution in [0.15, 0.2) is 46.3 Å². The topological polar surface area (TPSA) is 66.5 Å². The second kappa shape index (κ2) is 15.4. The zero-order valence-corrected chi connectivity index (χ0v) is 23.5. The Morgan fingerprint density at radius 3 is 2.50 bits per heavy atom. The van der Waals surface area contributed by atoms with Gasteiger partial charge in [0.2, 0.25) is 5.75 Å². The molecule has 0 aliphatic carbocycles. The van der Waals surface area contributed by atoms with Crippen molar-refractivity contribution in [3.8, 4) is 11.5 Å². The molecule has 36 heavy (non-hydrogen) atoms. The molecule has 0 amide bonds. The van der Waals surface area contributed by atoms with Crippen LogP contribution in [0, 0.1) is 5.92 Å². The van der Waals surface area contributed by atoms with E-state index in [-0.39, 0.29) is 5.56 Å². The maximum Gasteiger partial charge on any atom is 0.297 e. The molecule has 0 bridgehead atoms. The number of ether oxygens (including phenoxy) is 2. The highest BCUT2D eigenvalue weighted by molar-refractivity contribution is 5.90. The molecular weight excluding hydrogens is 448 g/mol. The highest BCUT2D eigenvalue weighted by atomic mass is 16.5. The molecule has 0 aliphatic heterocycles. The Bertz CT molecular complexity index is 1080. The van der Waals surface area contributed by atoms with E-state index in [0.717, 1.165) is 62.3 Å². The number of aryl methyl sites for hydroxylation is 1. The van der Waals surface area contributed by atoms with Gasteiger partial charge in [0.05, 0.1) is 12.1 Å². The van der Waals surface area contributed by atoms with E-state index < -0.39 is 0 Å². The first kappa shape index (κ1) is 29.5. The molecule has 0 saturated heterocycles. The van der Waals surface area contributed by atoms with Gasteiger partial charge in [0, 0.05) is 17.6 Å². The number of nitrogens with zero attached hydrogens (tertiary/aromatic N) is 1. The Kier molecular flexibility index (Phi) is 12.7. The molecule has 1 aromatic carbocycles. The molecule has 200 valence electrons. The molecule has 1 unspecified atom stereocenters. The maximum atomic E-state index is 13.7. The standard InChI is InChI=1S/C31H48N2O3/c1-7-9-10-11-19-33-28-21-26(32)16-17-27(28)29(30(31(33)34)36-22-25(6)13-8-2)35-20-18-24(5)15-12-14-23(3)4/h14,16-18,21,25H,7-13,15,19-20,22,32H2,1-6H3. The highest BCUT2D eigenvalue weighted by Crippen LogP contribution is 2.34. The summed E-state index contributed by atoms with van der Waals surface area (Å²) in [6, 6.07) is 5.70. The zero-order chi connectivity index (χ0) is 26.5. The summed E-state index contributed by atoms with van der Waals surface area (Å²) in [5.74, 6) is 1.21. The van der Waals surface area contributed by atoms with Crippen LogP contribution in [0.25, 0.3) is 10.9 Å².